The zero-order valence-electron chi connectivity index (χ0n) is 11.3. The van der Waals surface area contributed by atoms with Gasteiger partial charge in [0.2, 0.25) is 0 Å². The molecule has 2 aromatic heterocycles. The molecule has 0 unspecified atom stereocenters. The van der Waals surface area contributed by atoms with Crippen LogP contribution in [0.4, 0.5) is 0 Å². The predicted molar refractivity (Wildman–Crippen MR) is 91.2 cm³/mol. The van der Waals surface area contributed by atoms with Crippen molar-refractivity contribution in [3.63, 3.8) is 0 Å². The molecule has 0 aliphatic heterocycles. The number of halogens is 1. The van der Waals surface area contributed by atoms with Gasteiger partial charge in [0.25, 0.3) is 0 Å². The normalized spacial score (nSPS) is 10.1. The van der Waals surface area contributed by atoms with Crippen LogP contribution in [0.1, 0.15) is 0 Å². The molecule has 0 aliphatic carbocycles. The maximum Gasteiger partial charge on any atom is 0.0702 e. The molecule has 2 heterocycles. The van der Waals surface area contributed by atoms with Crippen molar-refractivity contribution in [2.45, 2.75) is 0 Å². The summed E-state index contributed by atoms with van der Waals surface area (Å²) < 4.78 is 1.02. The van der Waals surface area contributed by atoms with Crippen LogP contribution in [0.25, 0.3) is 21.8 Å². The highest BCUT2D eigenvalue weighted by Gasteiger charge is 1.92. The van der Waals surface area contributed by atoms with E-state index in [4.69, 9.17) is 0 Å². The van der Waals surface area contributed by atoms with Crippen LogP contribution in [0, 0.1) is 0 Å². The molecular weight excluding hydrogens is 324 g/mol. The Labute approximate surface area is 131 Å². The average molecular weight is 337 g/mol. The molecule has 2 nitrogen and oxygen atoms in total. The third-order valence-electron chi connectivity index (χ3n) is 3.07. The van der Waals surface area contributed by atoms with E-state index in [1.807, 2.05) is 60.9 Å². The van der Waals surface area contributed by atoms with Crippen molar-refractivity contribution in [3.8, 4) is 0 Å². The molecule has 0 bridgehead atoms. The van der Waals surface area contributed by atoms with Gasteiger partial charge in [-0.3, -0.25) is 9.97 Å². The Morgan fingerprint density at radius 1 is 0.667 bits per heavy atom. The van der Waals surface area contributed by atoms with Crippen molar-refractivity contribution < 1.29 is 0 Å². The van der Waals surface area contributed by atoms with E-state index in [1.54, 1.807) is 0 Å². The highest BCUT2D eigenvalue weighted by Crippen LogP contribution is 2.15. The van der Waals surface area contributed by atoms with E-state index in [1.165, 1.54) is 10.8 Å². The number of para-hydroxylation sites is 2. The molecular formula is C18H13BrN2. The smallest absolute Gasteiger partial charge is 0.0702 e. The molecule has 21 heavy (non-hydrogen) atoms. The van der Waals surface area contributed by atoms with Gasteiger partial charge in [0.05, 0.1) is 11.0 Å². The average Bonchev–Trinajstić information content (AvgIpc) is 2.55. The summed E-state index contributed by atoms with van der Waals surface area (Å²) in [6, 6.07) is 22.2. The highest BCUT2D eigenvalue weighted by molar-refractivity contribution is 9.10. The molecule has 2 aromatic carbocycles. The lowest BCUT2D eigenvalue weighted by Gasteiger charge is -1.94. The van der Waals surface area contributed by atoms with Crippen molar-refractivity contribution in [2.24, 2.45) is 0 Å². The maximum atomic E-state index is 4.23. The summed E-state index contributed by atoms with van der Waals surface area (Å²) in [5.41, 5.74) is 2.10. The van der Waals surface area contributed by atoms with Crippen LogP contribution in [0.3, 0.4) is 0 Å². The molecule has 0 spiro atoms. The molecule has 4 aromatic rings. The summed E-state index contributed by atoms with van der Waals surface area (Å²) in [6.45, 7) is 0. The van der Waals surface area contributed by atoms with Crippen molar-refractivity contribution in [3.05, 3.63) is 83.6 Å². The summed E-state index contributed by atoms with van der Waals surface area (Å²) in [5, 5.41) is 2.37. The van der Waals surface area contributed by atoms with Crippen LogP contribution in [0.2, 0.25) is 0 Å². The first-order valence-electron chi connectivity index (χ1n) is 6.63. The highest BCUT2D eigenvalue weighted by atomic mass is 79.9. The number of fused-ring (bicyclic) bond motifs is 2. The molecule has 0 saturated heterocycles. The molecule has 0 aliphatic rings. The Morgan fingerprint density at radius 2 is 1.29 bits per heavy atom. The van der Waals surface area contributed by atoms with Crippen molar-refractivity contribution >= 4 is 37.7 Å². The minimum Gasteiger partial charge on any atom is -0.256 e. The summed E-state index contributed by atoms with van der Waals surface area (Å²) >= 11 is 3.37. The Balaban J connectivity index is 0.000000126. The predicted octanol–water partition coefficient (Wildman–Crippen LogP) is 5.23. The van der Waals surface area contributed by atoms with Gasteiger partial charge in [-0.15, -0.1) is 0 Å². The lowest BCUT2D eigenvalue weighted by molar-refractivity contribution is 1.39. The summed E-state index contributed by atoms with van der Waals surface area (Å²) in [4.78, 5) is 8.42. The van der Waals surface area contributed by atoms with E-state index in [9.17, 15) is 0 Å². The van der Waals surface area contributed by atoms with Crippen LogP contribution in [-0.2, 0) is 0 Å². The van der Waals surface area contributed by atoms with E-state index in [2.05, 4.69) is 44.1 Å². The Morgan fingerprint density at radius 3 is 2.05 bits per heavy atom. The van der Waals surface area contributed by atoms with Gasteiger partial charge in [-0.2, -0.15) is 0 Å². The first-order valence-corrected chi connectivity index (χ1v) is 7.42. The van der Waals surface area contributed by atoms with E-state index in [0.29, 0.717) is 0 Å². The molecule has 0 fully saturated rings. The van der Waals surface area contributed by atoms with Gasteiger partial charge in [0.15, 0.2) is 0 Å². The van der Waals surface area contributed by atoms with Crippen LogP contribution >= 0.6 is 15.9 Å². The minimum absolute atomic E-state index is 1.02. The van der Waals surface area contributed by atoms with Crippen molar-refractivity contribution in [2.75, 3.05) is 0 Å². The van der Waals surface area contributed by atoms with Gasteiger partial charge in [-0.05, 0) is 40.2 Å². The second-order valence-electron chi connectivity index (χ2n) is 4.54. The molecule has 0 saturated carbocycles. The number of aromatic nitrogens is 2. The molecule has 0 radical (unpaired) electrons. The SMILES string of the molecule is Brc1cnc2ccccc2c1.c1ccc2ncccc2c1. The zero-order chi connectivity index (χ0) is 14.5. The van der Waals surface area contributed by atoms with Crippen LogP contribution < -0.4 is 0 Å². The van der Waals surface area contributed by atoms with Crippen LogP contribution in [0.15, 0.2) is 83.6 Å². The fraction of sp³-hybridized carbons (Fsp3) is 0. The third kappa shape index (κ3) is 3.44. The van der Waals surface area contributed by atoms with E-state index < -0.39 is 0 Å². The van der Waals surface area contributed by atoms with Crippen molar-refractivity contribution in [1.29, 1.82) is 0 Å². The van der Waals surface area contributed by atoms with Gasteiger partial charge in [-0.25, -0.2) is 0 Å². The van der Waals surface area contributed by atoms with E-state index >= 15 is 0 Å². The largest absolute Gasteiger partial charge is 0.256 e. The number of hydrogen-bond acceptors (Lipinski definition) is 2. The van der Waals surface area contributed by atoms with Gasteiger partial charge >= 0.3 is 0 Å². The molecule has 0 atom stereocenters. The molecule has 0 amide bonds. The second kappa shape index (κ2) is 6.46. The van der Waals surface area contributed by atoms with E-state index in [-0.39, 0.29) is 0 Å². The Kier molecular flexibility index (Phi) is 4.22. The quantitative estimate of drug-likeness (QED) is 0.439. The van der Waals surface area contributed by atoms with Gasteiger partial charge in [0, 0.05) is 27.6 Å². The second-order valence-corrected chi connectivity index (χ2v) is 5.46. The van der Waals surface area contributed by atoms with Crippen LogP contribution in [0.5, 0.6) is 0 Å². The lowest BCUT2D eigenvalue weighted by Crippen LogP contribution is -1.76. The summed E-state index contributed by atoms with van der Waals surface area (Å²) in [7, 11) is 0. The fourth-order valence-electron chi connectivity index (χ4n) is 2.06. The monoisotopic (exact) mass is 336 g/mol. The Bertz CT molecular complexity index is 809. The number of benzene rings is 2. The Hall–Kier alpha value is -2.26. The number of nitrogens with zero attached hydrogens (tertiary/aromatic N) is 2. The van der Waals surface area contributed by atoms with Gasteiger partial charge in [-0.1, -0.05) is 42.5 Å². The summed E-state index contributed by atoms with van der Waals surface area (Å²) in [5.74, 6) is 0. The fourth-order valence-corrected chi connectivity index (χ4v) is 2.41. The topological polar surface area (TPSA) is 25.8 Å². The maximum absolute atomic E-state index is 4.23. The lowest BCUT2D eigenvalue weighted by atomic mass is 10.2. The minimum atomic E-state index is 1.02. The molecule has 3 heteroatoms. The first-order chi connectivity index (χ1) is 10.3. The van der Waals surface area contributed by atoms with E-state index in [0.717, 1.165) is 15.5 Å². The van der Waals surface area contributed by atoms with Crippen molar-refractivity contribution in [1.82, 2.24) is 9.97 Å². The standard InChI is InChI=1S/C9H6BrN.C9H7N/c10-8-5-7-3-1-2-4-9(7)11-6-8;1-2-6-9-8(4-1)5-3-7-10-9/h1-6H;1-7H. The van der Waals surface area contributed by atoms with Crippen LogP contribution in [-0.4, -0.2) is 9.97 Å². The molecule has 4 rings (SSSR count). The first kappa shape index (κ1) is 13.7. The molecule has 0 N–H and O–H groups in total. The summed E-state index contributed by atoms with van der Waals surface area (Å²) in [6.07, 6.45) is 3.62. The number of pyridine rings is 2. The third-order valence-corrected chi connectivity index (χ3v) is 3.50. The van der Waals surface area contributed by atoms with Gasteiger partial charge < -0.3 is 0 Å². The zero-order valence-corrected chi connectivity index (χ0v) is 12.9. The number of rotatable bonds is 0. The molecule has 102 valence electrons. The number of hydrogen-bond donors (Lipinski definition) is 0. The van der Waals surface area contributed by atoms with Gasteiger partial charge in [0.1, 0.15) is 0 Å².